The molecule has 18 heavy (non-hydrogen) atoms. The third-order valence-electron chi connectivity index (χ3n) is 2.78. The van der Waals surface area contributed by atoms with Crippen molar-refractivity contribution in [1.82, 2.24) is 5.32 Å². The van der Waals surface area contributed by atoms with Gasteiger partial charge in [0, 0.05) is 19.7 Å². The van der Waals surface area contributed by atoms with Gasteiger partial charge in [-0.1, -0.05) is 12.1 Å². The molecule has 0 aliphatic carbocycles. The lowest BCUT2D eigenvalue weighted by molar-refractivity contribution is 0.161. The van der Waals surface area contributed by atoms with Crippen LogP contribution in [-0.4, -0.2) is 26.3 Å². The normalized spacial score (nSPS) is 12.1. The lowest BCUT2D eigenvalue weighted by Gasteiger charge is -2.17. The highest BCUT2D eigenvalue weighted by Gasteiger charge is 2.07. The first kappa shape index (κ1) is 14.7. The van der Waals surface area contributed by atoms with Crippen LogP contribution in [0.3, 0.4) is 0 Å². The van der Waals surface area contributed by atoms with E-state index in [1.165, 1.54) is 0 Å². The first-order chi connectivity index (χ1) is 8.80. The highest BCUT2D eigenvalue weighted by molar-refractivity contribution is 5.32. The molecule has 0 saturated heterocycles. The van der Waals surface area contributed by atoms with Gasteiger partial charge in [0.2, 0.25) is 0 Å². The largest absolute Gasteiger partial charge is 0.383 e. The van der Waals surface area contributed by atoms with Crippen LogP contribution < -0.4 is 11.1 Å². The van der Waals surface area contributed by atoms with Crippen molar-refractivity contribution >= 4 is 0 Å². The van der Waals surface area contributed by atoms with Gasteiger partial charge >= 0.3 is 0 Å². The molecule has 0 saturated carbocycles. The summed E-state index contributed by atoms with van der Waals surface area (Å²) >= 11 is 0. The van der Waals surface area contributed by atoms with Crippen LogP contribution in [0.1, 0.15) is 24.0 Å². The minimum atomic E-state index is 0.310. The maximum Gasteiger partial charge on any atom is 0.0991 e. The number of nitriles is 1. The first-order valence-corrected chi connectivity index (χ1v) is 6.21. The van der Waals surface area contributed by atoms with E-state index in [2.05, 4.69) is 11.4 Å². The summed E-state index contributed by atoms with van der Waals surface area (Å²) in [5.41, 5.74) is 7.32. The number of benzene rings is 1. The van der Waals surface area contributed by atoms with Crippen molar-refractivity contribution < 1.29 is 4.74 Å². The number of methoxy groups -OCH3 is 1. The highest BCUT2D eigenvalue weighted by atomic mass is 16.5. The van der Waals surface area contributed by atoms with Crippen molar-refractivity contribution in [3.8, 4) is 6.07 Å². The number of rotatable bonds is 8. The van der Waals surface area contributed by atoms with Gasteiger partial charge in [0.25, 0.3) is 0 Å². The maximum absolute atomic E-state index is 8.84. The predicted molar refractivity (Wildman–Crippen MR) is 71.9 cm³/mol. The Morgan fingerprint density at radius 2 is 2.33 bits per heavy atom. The van der Waals surface area contributed by atoms with E-state index in [0.29, 0.717) is 24.8 Å². The van der Waals surface area contributed by atoms with Crippen LogP contribution >= 0.6 is 0 Å². The number of hydrogen-bond acceptors (Lipinski definition) is 4. The Labute approximate surface area is 109 Å². The third-order valence-corrected chi connectivity index (χ3v) is 2.78. The van der Waals surface area contributed by atoms with E-state index in [-0.39, 0.29) is 0 Å². The molecule has 1 aromatic rings. The maximum atomic E-state index is 8.84. The smallest absolute Gasteiger partial charge is 0.0991 e. The van der Waals surface area contributed by atoms with Gasteiger partial charge in [-0.3, -0.25) is 0 Å². The standard InChI is InChI=1S/C14H21N3O/c1-18-11-14(6-3-7-15)17-10-13-5-2-4-12(8-13)9-16/h2,4-5,8,14,17H,3,6-7,10-11,15H2,1H3. The molecule has 0 bridgehead atoms. The van der Waals surface area contributed by atoms with Crippen molar-refractivity contribution in [1.29, 1.82) is 5.26 Å². The van der Waals surface area contributed by atoms with Crippen LogP contribution in [0.5, 0.6) is 0 Å². The Balaban J connectivity index is 2.47. The summed E-state index contributed by atoms with van der Waals surface area (Å²) in [6, 6.07) is 10.1. The third kappa shape index (κ3) is 5.28. The molecule has 0 aromatic heterocycles. The lowest BCUT2D eigenvalue weighted by atomic mass is 10.1. The molecule has 0 aliphatic heterocycles. The van der Waals surface area contributed by atoms with Crippen LogP contribution in [0, 0.1) is 11.3 Å². The van der Waals surface area contributed by atoms with E-state index < -0.39 is 0 Å². The molecular formula is C14H21N3O. The molecular weight excluding hydrogens is 226 g/mol. The van der Waals surface area contributed by atoms with E-state index in [4.69, 9.17) is 15.7 Å². The summed E-state index contributed by atoms with van der Waals surface area (Å²) in [5, 5.41) is 12.3. The van der Waals surface area contributed by atoms with E-state index in [1.54, 1.807) is 7.11 Å². The lowest BCUT2D eigenvalue weighted by Crippen LogP contribution is -2.33. The summed E-state index contributed by atoms with van der Waals surface area (Å²) in [5.74, 6) is 0. The minimum absolute atomic E-state index is 0.310. The van der Waals surface area contributed by atoms with Crippen LogP contribution in [0.2, 0.25) is 0 Å². The Morgan fingerprint density at radius 3 is 3.00 bits per heavy atom. The number of nitrogens with two attached hydrogens (primary N) is 1. The molecule has 4 nitrogen and oxygen atoms in total. The van der Waals surface area contributed by atoms with E-state index in [0.717, 1.165) is 24.9 Å². The molecule has 0 amide bonds. The second-order valence-corrected chi connectivity index (χ2v) is 4.28. The molecule has 0 spiro atoms. The van der Waals surface area contributed by atoms with Crippen LogP contribution in [0.15, 0.2) is 24.3 Å². The zero-order valence-electron chi connectivity index (χ0n) is 10.9. The Kier molecular flexibility index (Phi) is 7.04. The second kappa shape index (κ2) is 8.65. The molecule has 0 radical (unpaired) electrons. The van der Waals surface area contributed by atoms with Gasteiger partial charge < -0.3 is 15.8 Å². The SMILES string of the molecule is COCC(CCCN)NCc1cccc(C#N)c1. The fourth-order valence-corrected chi connectivity index (χ4v) is 1.82. The van der Waals surface area contributed by atoms with Crippen molar-refractivity contribution in [2.75, 3.05) is 20.3 Å². The zero-order chi connectivity index (χ0) is 13.2. The molecule has 4 heteroatoms. The van der Waals surface area contributed by atoms with Gasteiger partial charge in [0.1, 0.15) is 0 Å². The topological polar surface area (TPSA) is 71.1 Å². The number of hydrogen-bond donors (Lipinski definition) is 2. The van der Waals surface area contributed by atoms with E-state index in [1.807, 2.05) is 24.3 Å². The van der Waals surface area contributed by atoms with Crippen molar-refractivity contribution in [2.45, 2.75) is 25.4 Å². The van der Waals surface area contributed by atoms with E-state index in [9.17, 15) is 0 Å². The number of nitrogens with zero attached hydrogens (tertiary/aromatic N) is 1. The summed E-state index contributed by atoms with van der Waals surface area (Å²) in [6.07, 6.45) is 1.99. The van der Waals surface area contributed by atoms with Crippen LogP contribution in [0.25, 0.3) is 0 Å². The van der Waals surface area contributed by atoms with Gasteiger partial charge in [-0.15, -0.1) is 0 Å². The summed E-state index contributed by atoms with van der Waals surface area (Å²) in [6.45, 7) is 2.12. The summed E-state index contributed by atoms with van der Waals surface area (Å²) < 4.78 is 5.18. The molecule has 0 aliphatic rings. The molecule has 1 atom stereocenters. The molecule has 98 valence electrons. The zero-order valence-corrected chi connectivity index (χ0v) is 10.9. The summed E-state index contributed by atoms with van der Waals surface area (Å²) in [4.78, 5) is 0. The highest BCUT2D eigenvalue weighted by Crippen LogP contribution is 2.05. The van der Waals surface area contributed by atoms with Gasteiger partial charge in [-0.25, -0.2) is 0 Å². The van der Waals surface area contributed by atoms with Crippen LogP contribution in [0.4, 0.5) is 0 Å². The Bertz CT molecular complexity index is 387. The summed E-state index contributed by atoms with van der Waals surface area (Å²) in [7, 11) is 1.70. The Morgan fingerprint density at radius 1 is 1.50 bits per heavy atom. The van der Waals surface area contributed by atoms with Crippen molar-refractivity contribution in [3.05, 3.63) is 35.4 Å². The predicted octanol–water partition coefficient (Wildman–Crippen LogP) is 1.40. The number of ether oxygens (including phenoxy) is 1. The molecule has 0 fully saturated rings. The van der Waals surface area contributed by atoms with Gasteiger partial charge in [-0.05, 0) is 37.1 Å². The number of nitrogens with one attached hydrogen (secondary N) is 1. The van der Waals surface area contributed by atoms with Gasteiger partial charge in [0.05, 0.1) is 18.2 Å². The van der Waals surface area contributed by atoms with Crippen molar-refractivity contribution in [3.63, 3.8) is 0 Å². The van der Waals surface area contributed by atoms with Gasteiger partial charge in [-0.2, -0.15) is 5.26 Å². The minimum Gasteiger partial charge on any atom is -0.383 e. The fourth-order valence-electron chi connectivity index (χ4n) is 1.82. The molecule has 1 aromatic carbocycles. The first-order valence-electron chi connectivity index (χ1n) is 6.21. The molecule has 0 heterocycles. The average molecular weight is 247 g/mol. The Hall–Kier alpha value is -1.41. The average Bonchev–Trinajstić information content (AvgIpc) is 2.42. The quantitative estimate of drug-likeness (QED) is 0.728. The van der Waals surface area contributed by atoms with Crippen molar-refractivity contribution in [2.24, 2.45) is 5.73 Å². The van der Waals surface area contributed by atoms with Crippen LogP contribution in [-0.2, 0) is 11.3 Å². The van der Waals surface area contributed by atoms with E-state index >= 15 is 0 Å². The monoisotopic (exact) mass is 247 g/mol. The second-order valence-electron chi connectivity index (χ2n) is 4.28. The fraction of sp³-hybridized carbons (Fsp3) is 0.500. The molecule has 1 rings (SSSR count). The molecule has 3 N–H and O–H groups in total. The van der Waals surface area contributed by atoms with Gasteiger partial charge in [0.15, 0.2) is 0 Å². The molecule has 1 unspecified atom stereocenters.